The van der Waals surface area contributed by atoms with Gasteiger partial charge in [0.25, 0.3) is 5.91 Å². The summed E-state index contributed by atoms with van der Waals surface area (Å²) in [6.45, 7) is 1.77. The molecule has 0 aliphatic rings. The molecule has 0 fully saturated rings. The minimum absolute atomic E-state index is 0.169. The molecular formula is C17H13N7O. The average molecular weight is 331 g/mol. The fourth-order valence-corrected chi connectivity index (χ4v) is 2.45. The van der Waals surface area contributed by atoms with Gasteiger partial charge in [-0.05, 0) is 13.0 Å². The van der Waals surface area contributed by atoms with E-state index >= 15 is 0 Å². The van der Waals surface area contributed by atoms with E-state index in [4.69, 9.17) is 0 Å². The molecule has 8 heteroatoms. The molecule has 0 bridgehead atoms. The highest BCUT2D eigenvalue weighted by Gasteiger charge is 2.17. The van der Waals surface area contributed by atoms with E-state index in [1.165, 1.54) is 0 Å². The predicted molar refractivity (Wildman–Crippen MR) is 90.9 cm³/mol. The highest BCUT2D eigenvalue weighted by molar-refractivity contribution is 6.02. The number of nitrogens with zero attached hydrogens (tertiary/aromatic N) is 6. The van der Waals surface area contributed by atoms with Crippen molar-refractivity contribution in [2.75, 3.05) is 5.32 Å². The van der Waals surface area contributed by atoms with E-state index in [9.17, 15) is 4.79 Å². The van der Waals surface area contributed by atoms with Gasteiger partial charge in [0, 0.05) is 24.0 Å². The Morgan fingerprint density at radius 2 is 1.80 bits per heavy atom. The summed E-state index contributed by atoms with van der Waals surface area (Å²) in [5.41, 5.74) is 3.06. The lowest BCUT2D eigenvalue weighted by atomic mass is 10.2. The second kappa shape index (κ2) is 6.08. The number of nitrogens with one attached hydrogen (secondary N) is 1. The second-order valence-electron chi connectivity index (χ2n) is 5.33. The predicted octanol–water partition coefficient (Wildman–Crippen LogP) is 2.14. The maximum atomic E-state index is 12.4. The first-order valence-corrected chi connectivity index (χ1v) is 7.59. The molecule has 8 nitrogen and oxygen atoms in total. The molecule has 1 amide bonds. The van der Waals surface area contributed by atoms with Gasteiger partial charge >= 0.3 is 0 Å². The van der Waals surface area contributed by atoms with Gasteiger partial charge in [0.15, 0.2) is 11.3 Å². The Labute approximate surface area is 142 Å². The third kappa shape index (κ3) is 2.80. The molecule has 3 heterocycles. The van der Waals surface area contributed by atoms with E-state index in [1.807, 2.05) is 36.4 Å². The van der Waals surface area contributed by atoms with Crippen LogP contribution in [0.4, 0.5) is 5.95 Å². The van der Waals surface area contributed by atoms with Crippen LogP contribution in [0.5, 0.6) is 0 Å². The van der Waals surface area contributed by atoms with Crippen LogP contribution in [0, 0.1) is 6.92 Å². The number of amides is 1. The van der Waals surface area contributed by atoms with Crippen LogP contribution in [0.15, 0.2) is 54.9 Å². The van der Waals surface area contributed by atoms with Gasteiger partial charge in [-0.2, -0.15) is 5.10 Å². The number of fused-ring (bicyclic) bond motifs is 1. The third-order valence-electron chi connectivity index (χ3n) is 3.68. The monoisotopic (exact) mass is 331 g/mol. The van der Waals surface area contributed by atoms with Crippen molar-refractivity contribution in [1.29, 1.82) is 0 Å². The van der Waals surface area contributed by atoms with Crippen LogP contribution < -0.4 is 5.32 Å². The fraction of sp³-hybridized carbons (Fsp3) is 0.0588. The molecule has 4 rings (SSSR count). The zero-order valence-corrected chi connectivity index (χ0v) is 13.3. The Hall–Kier alpha value is -3.68. The van der Waals surface area contributed by atoms with Crippen LogP contribution in [-0.4, -0.2) is 35.7 Å². The van der Waals surface area contributed by atoms with Crippen LogP contribution in [-0.2, 0) is 0 Å². The Morgan fingerprint density at radius 1 is 1.04 bits per heavy atom. The first-order chi connectivity index (χ1) is 12.2. The standard InChI is InChI=1S/C17H13N7O/c1-11-15(16(25)20-17-18-8-5-9-19-17)22-21-14-10-13(23-24(11)14)12-6-3-2-4-7-12/h2-10H,1H3,(H,18,19,20,25). The van der Waals surface area contributed by atoms with Crippen LogP contribution in [0.1, 0.15) is 16.2 Å². The summed E-state index contributed by atoms with van der Waals surface area (Å²) in [4.78, 5) is 20.4. The smallest absolute Gasteiger partial charge is 0.280 e. The van der Waals surface area contributed by atoms with Gasteiger partial charge in [-0.1, -0.05) is 30.3 Å². The molecular weight excluding hydrogens is 318 g/mol. The van der Waals surface area contributed by atoms with E-state index in [1.54, 1.807) is 29.9 Å². The largest absolute Gasteiger partial charge is 0.289 e. The van der Waals surface area contributed by atoms with E-state index in [0.717, 1.165) is 11.3 Å². The van der Waals surface area contributed by atoms with Crippen LogP contribution in [0.3, 0.4) is 0 Å². The van der Waals surface area contributed by atoms with E-state index in [2.05, 4.69) is 30.6 Å². The van der Waals surface area contributed by atoms with Crippen molar-refractivity contribution in [2.24, 2.45) is 0 Å². The lowest BCUT2D eigenvalue weighted by Gasteiger charge is -2.05. The quantitative estimate of drug-likeness (QED) is 0.617. The maximum absolute atomic E-state index is 12.4. The number of carbonyl (C=O) groups excluding carboxylic acids is 1. The number of hydrogen-bond acceptors (Lipinski definition) is 6. The molecule has 1 N–H and O–H groups in total. The van der Waals surface area contributed by atoms with Gasteiger partial charge in [0.05, 0.1) is 11.4 Å². The fourth-order valence-electron chi connectivity index (χ4n) is 2.45. The molecule has 4 aromatic rings. The van der Waals surface area contributed by atoms with Crippen molar-refractivity contribution in [3.63, 3.8) is 0 Å². The van der Waals surface area contributed by atoms with E-state index in [0.29, 0.717) is 11.3 Å². The van der Waals surface area contributed by atoms with Gasteiger partial charge in [-0.15, -0.1) is 10.2 Å². The van der Waals surface area contributed by atoms with Crippen molar-refractivity contribution >= 4 is 17.5 Å². The number of aryl methyl sites for hydroxylation is 1. The summed E-state index contributed by atoms with van der Waals surface area (Å²) in [6, 6.07) is 13.3. The molecule has 1 aromatic carbocycles. The van der Waals surface area contributed by atoms with Crippen LogP contribution >= 0.6 is 0 Å². The number of hydrogen-bond donors (Lipinski definition) is 1. The van der Waals surface area contributed by atoms with Crippen molar-refractivity contribution in [3.8, 4) is 11.3 Å². The molecule has 25 heavy (non-hydrogen) atoms. The summed E-state index contributed by atoms with van der Waals surface area (Å²) in [5, 5.41) is 15.3. The SMILES string of the molecule is Cc1c(C(=O)Nc2ncccn2)nnc2cc(-c3ccccc3)nn12. The summed E-state index contributed by atoms with van der Waals surface area (Å²) >= 11 is 0. The van der Waals surface area contributed by atoms with Crippen LogP contribution in [0.2, 0.25) is 0 Å². The molecule has 3 aromatic heterocycles. The van der Waals surface area contributed by atoms with Crippen molar-refractivity contribution < 1.29 is 4.79 Å². The van der Waals surface area contributed by atoms with Crippen molar-refractivity contribution in [2.45, 2.75) is 6.92 Å². The third-order valence-corrected chi connectivity index (χ3v) is 3.68. The van der Waals surface area contributed by atoms with Gasteiger partial charge in [0.1, 0.15) is 0 Å². The Bertz CT molecular complexity index is 1040. The molecule has 0 saturated heterocycles. The van der Waals surface area contributed by atoms with Gasteiger partial charge in [-0.3, -0.25) is 10.1 Å². The Balaban J connectivity index is 1.71. The summed E-state index contributed by atoms with van der Waals surface area (Å²) in [5.74, 6) is -0.228. The molecule has 0 atom stereocenters. The van der Waals surface area contributed by atoms with E-state index < -0.39 is 5.91 Å². The highest BCUT2D eigenvalue weighted by atomic mass is 16.2. The zero-order chi connectivity index (χ0) is 17.2. The lowest BCUT2D eigenvalue weighted by molar-refractivity contribution is 0.101. The average Bonchev–Trinajstić information content (AvgIpc) is 3.09. The molecule has 0 aliphatic heterocycles. The van der Waals surface area contributed by atoms with Gasteiger partial charge in [-0.25, -0.2) is 14.5 Å². The summed E-state index contributed by atoms with van der Waals surface area (Å²) in [7, 11) is 0. The zero-order valence-electron chi connectivity index (χ0n) is 13.3. The number of aromatic nitrogens is 6. The van der Waals surface area contributed by atoms with Crippen molar-refractivity contribution in [1.82, 2.24) is 29.8 Å². The molecule has 122 valence electrons. The normalized spacial score (nSPS) is 10.8. The first-order valence-electron chi connectivity index (χ1n) is 7.59. The number of anilines is 1. The van der Waals surface area contributed by atoms with E-state index in [-0.39, 0.29) is 11.6 Å². The Morgan fingerprint density at radius 3 is 2.56 bits per heavy atom. The number of benzene rings is 1. The molecule has 0 aliphatic carbocycles. The maximum Gasteiger partial charge on any atom is 0.280 e. The van der Waals surface area contributed by atoms with Gasteiger partial charge in [0.2, 0.25) is 5.95 Å². The molecule has 0 unspecified atom stereocenters. The molecule has 0 spiro atoms. The first kappa shape index (κ1) is 14.9. The van der Waals surface area contributed by atoms with Gasteiger partial charge < -0.3 is 0 Å². The number of rotatable bonds is 3. The second-order valence-corrected chi connectivity index (χ2v) is 5.33. The summed E-state index contributed by atoms with van der Waals surface area (Å²) in [6.07, 6.45) is 3.09. The number of carbonyl (C=O) groups is 1. The highest BCUT2D eigenvalue weighted by Crippen LogP contribution is 2.19. The topological polar surface area (TPSA) is 98.0 Å². The minimum Gasteiger partial charge on any atom is -0.289 e. The molecule has 0 saturated carbocycles. The van der Waals surface area contributed by atoms with Crippen LogP contribution in [0.25, 0.3) is 16.9 Å². The minimum atomic E-state index is -0.435. The Kier molecular flexibility index (Phi) is 3.62. The summed E-state index contributed by atoms with van der Waals surface area (Å²) < 4.78 is 1.61. The van der Waals surface area contributed by atoms with Crippen molar-refractivity contribution in [3.05, 3.63) is 66.2 Å². The lowest BCUT2D eigenvalue weighted by Crippen LogP contribution is -2.19. The molecule has 0 radical (unpaired) electrons.